The molecule has 2 aromatic heterocycles. The fourth-order valence-corrected chi connectivity index (χ4v) is 11.4. The van der Waals surface area contributed by atoms with Crippen LogP contribution in [0.15, 0.2) is 212 Å². The first-order chi connectivity index (χ1) is 32.2. The van der Waals surface area contributed by atoms with Crippen LogP contribution in [0.2, 0.25) is 0 Å². The summed E-state index contributed by atoms with van der Waals surface area (Å²) in [4.78, 5) is 15.2. The summed E-state index contributed by atoms with van der Waals surface area (Å²) in [6, 6.07) is 77.2. The number of thiophene rings is 1. The van der Waals surface area contributed by atoms with Crippen LogP contribution in [-0.2, 0) is 0 Å². The third-order valence-corrected chi connectivity index (χ3v) is 14.6. The summed E-state index contributed by atoms with van der Waals surface area (Å²) in [7, 11) is 0. The van der Waals surface area contributed by atoms with Crippen LogP contribution in [0.4, 0.5) is 0 Å². The molecular formula is C61H35N3S. The zero-order chi connectivity index (χ0) is 42.6. The van der Waals surface area contributed by atoms with Crippen molar-refractivity contribution < 1.29 is 0 Å². The van der Waals surface area contributed by atoms with E-state index in [2.05, 4.69) is 194 Å². The third kappa shape index (κ3) is 5.71. The van der Waals surface area contributed by atoms with Crippen LogP contribution in [0.25, 0.3) is 141 Å². The lowest BCUT2D eigenvalue weighted by Gasteiger charge is -2.17. The number of fused-ring (bicyclic) bond motifs is 5. The van der Waals surface area contributed by atoms with Gasteiger partial charge >= 0.3 is 0 Å². The van der Waals surface area contributed by atoms with E-state index in [0.717, 1.165) is 27.8 Å². The fraction of sp³-hybridized carbons (Fsp3) is 0. The smallest absolute Gasteiger partial charge is 0.164 e. The van der Waals surface area contributed by atoms with E-state index in [1.807, 2.05) is 29.5 Å². The molecule has 2 heterocycles. The predicted octanol–water partition coefficient (Wildman–Crippen LogP) is 16.9. The maximum Gasteiger partial charge on any atom is 0.164 e. The van der Waals surface area contributed by atoms with Crippen molar-refractivity contribution in [2.45, 2.75) is 0 Å². The Balaban J connectivity index is 0.860. The average molecular weight is 842 g/mol. The molecule has 0 aliphatic heterocycles. The Hall–Kier alpha value is -8.31. The van der Waals surface area contributed by atoms with Crippen molar-refractivity contribution in [1.29, 1.82) is 0 Å². The van der Waals surface area contributed by atoms with E-state index in [9.17, 15) is 0 Å². The Labute approximate surface area is 377 Å². The van der Waals surface area contributed by atoms with Gasteiger partial charge in [0.25, 0.3) is 0 Å². The Morgan fingerprint density at radius 3 is 1.26 bits per heavy atom. The molecule has 14 rings (SSSR count). The largest absolute Gasteiger partial charge is 0.208 e. The molecule has 300 valence electrons. The van der Waals surface area contributed by atoms with Gasteiger partial charge < -0.3 is 0 Å². The molecule has 12 aromatic carbocycles. The van der Waals surface area contributed by atoms with Crippen molar-refractivity contribution in [3.8, 4) is 56.4 Å². The van der Waals surface area contributed by atoms with Crippen LogP contribution in [0.1, 0.15) is 0 Å². The van der Waals surface area contributed by atoms with Crippen molar-refractivity contribution in [3.63, 3.8) is 0 Å². The maximum atomic E-state index is 5.10. The molecule has 0 saturated heterocycles. The topological polar surface area (TPSA) is 38.7 Å². The summed E-state index contributed by atoms with van der Waals surface area (Å²) < 4.78 is 2.53. The van der Waals surface area contributed by atoms with Crippen LogP contribution in [-0.4, -0.2) is 15.0 Å². The zero-order valence-corrected chi connectivity index (χ0v) is 35.8. The first-order valence-electron chi connectivity index (χ1n) is 22.1. The van der Waals surface area contributed by atoms with Gasteiger partial charge in [-0.05, 0) is 123 Å². The molecule has 0 fully saturated rings. The van der Waals surface area contributed by atoms with E-state index in [1.54, 1.807) is 0 Å². The predicted molar refractivity (Wildman–Crippen MR) is 276 cm³/mol. The molecule has 0 atom stereocenters. The van der Waals surface area contributed by atoms with Crippen molar-refractivity contribution in [3.05, 3.63) is 212 Å². The summed E-state index contributed by atoms with van der Waals surface area (Å²) in [5.74, 6) is 1.96. The molecule has 0 amide bonds. The molecule has 0 aliphatic rings. The minimum Gasteiger partial charge on any atom is -0.208 e. The van der Waals surface area contributed by atoms with Crippen LogP contribution in [0.5, 0.6) is 0 Å². The van der Waals surface area contributed by atoms with Gasteiger partial charge in [0, 0.05) is 36.9 Å². The van der Waals surface area contributed by atoms with Gasteiger partial charge in [-0.3, -0.25) is 0 Å². The molecule has 0 N–H and O–H groups in total. The molecule has 0 spiro atoms. The molecule has 0 radical (unpaired) electrons. The number of nitrogens with zero attached hydrogens (tertiary/aromatic N) is 3. The van der Waals surface area contributed by atoms with E-state index in [4.69, 9.17) is 15.0 Å². The number of benzene rings is 11. The Kier molecular flexibility index (Phi) is 7.85. The van der Waals surface area contributed by atoms with Gasteiger partial charge in [0.15, 0.2) is 17.5 Å². The first-order valence-corrected chi connectivity index (χ1v) is 22.9. The fourth-order valence-electron chi connectivity index (χ4n) is 10.3. The molecular weight excluding hydrogens is 807 g/mol. The van der Waals surface area contributed by atoms with Crippen molar-refractivity contribution >= 4 is 96.1 Å². The van der Waals surface area contributed by atoms with Gasteiger partial charge in [0.2, 0.25) is 0 Å². The van der Waals surface area contributed by atoms with E-state index < -0.39 is 0 Å². The minimum absolute atomic E-state index is 0.646. The van der Waals surface area contributed by atoms with Crippen molar-refractivity contribution in [2.24, 2.45) is 0 Å². The summed E-state index contributed by atoms with van der Waals surface area (Å²) in [6.07, 6.45) is 0. The number of aromatic nitrogens is 3. The van der Waals surface area contributed by atoms with Crippen LogP contribution >= 0.6 is 11.3 Å². The Morgan fingerprint density at radius 1 is 0.231 bits per heavy atom. The van der Waals surface area contributed by atoms with E-state index in [1.165, 1.54) is 95.9 Å². The Morgan fingerprint density at radius 2 is 0.646 bits per heavy atom. The summed E-state index contributed by atoms with van der Waals surface area (Å²) in [6.45, 7) is 0. The zero-order valence-electron chi connectivity index (χ0n) is 35.0. The van der Waals surface area contributed by atoms with Crippen molar-refractivity contribution in [2.75, 3.05) is 0 Å². The third-order valence-electron chi connectivity index (χ3n) is 13.4. The lowest BCUT2D eigenvalue weighted by Crippen LogP contribution is -2.00. The van der Waals surface area contributed by atoms with E-state index in [0.29, 0.717) is 17.5 Å². The van der Waals surface area contributed by atoms with Gasteiger partial charge in [-0.2, -0.15) is 0 Å². The second kappa shape index (κ2) is 14.1. The lowest BCUT2D eigenvalue weighted by molar-refractivity contribution is 1.07. The highest BCUT2D eigenvalue weighted by Gasteiger charge is 2.18. The first kappa shape index (κ1) is 36.2. The minimum atomic E-state index is 0.646. The van der Waals surface area contributed by atoms with E-state index >= 15 is 0 Å². The molecule has 0 saturated carbocycles. The van der Waals surface area contributed by atoms with Gasteiger partial charge in [-0.1, -0.05) is 176 Å². The summed E-state index contributed by atoms with van der Waals surface area (Å²) >= 11 is 1.81. The van der Waals surface area contributed by atoms with E-state index in [-0.39, 0.29) is 0 Å². The Bertz CT molecular complexity index is 4200. The normalized spacial score (nSPS) is 12.0. The maximum absolute atomic E-state index is 5.10. The molecule has 0 aliphatic carbocycles. The number of rotatable bonds is 5. The second-order valence-electron chi connectivity index (χ2n) is 17.1. The van der Waals surface area contributed by atoms with Gasteiger partial charge in [0.05, 0.1) is 0 Å². The highest BCUT2D eigenvalue weighted by molar-refractivity contribution is 7.25. The lowest BCUT2D eigenvalue weighted by atomic mass is 9.86. The van der Waals surface area contributed by atoms with Crippen LogP contribution < -0.4 is 0 Å². The van der Waals surface area contributed by atoms with Crippen LogP contribution in [0.3, 0.4) is 0 Å². The van der Waals surface area contributed by atoms with Gasteiger partial charge in [-0.15, -0.1) is 11.3 Å². The number of hydrogen-bond donors (Lipinski definition) is 0. The molecule has 0 unspecified atom stereocenters. The number of hydrogen-bond acceptors (Lipinski definition) is 4. The van der Waals surface area contributed by atoms with Crippen molar-refractivity contribution in [1.82, 2.24) is 15.0 Å². The molecule has 3 nitrogen and oxygen atoms in total. The average Bonchev–Trinajstić information content (AvgIpc) is 3.75. The SMILES string of the molecule is c1ccc(-c2nc(-c3ccc(-c4ccc(-c5cc6ccc7cccc8c9cccc%10ccc%11cccc(c(c5)c6c78)c%11c%109)cc4)cc3)nc(-c3ccc4sc5ccccc5c4c3)n2)cc1. The highest BCUT2D eigenvalue weighted by Crippen LogP contribution is 2.45. The summed E-state index contributed by atoms with van der Waals surface area (Å²) in [5.41, 5.74) is 7.53. The van der Waals surface area contributed by atoms with Crippen LogP contribution in [0, 0.1) is 0 Å². The molecule has 14 aromatic rings. The summed E-state index contributed by atoms with van der Waals surface area (Å²) in [5, 5.41) is 18.0. The molecule has 0 bridgehead atoms. The molecule has 65 heavy (non-hydrogen) atoms. The molecule has 4 heteroatoms. The monoisotopic (exact) mass is 841 g/mol. The van der Waals surface area contributed by atoms with Gasteiger partial charge in [-0.25, -0.2) is 15.0 Å². The quantitative estimate of drug-likeness (QED) is 0.162. The highest BCUT2D eigenvalue weighted by atomic mass is 32.1. The standard InChI is InChI=1S/C61H35N3S/c1-2-9-42(10-3-1)59-62-60(64-61(63-59)45-31-32-54-51(34-45)47-14-4-5-18-53(47)65-54)43-28-23-37(24-29-43)36-19-21-38(22-20-36)46-33-44-30-27-41-12-7-16-49-48-15-6-11-39-25-26-40-13-8-17-50(57(40)55(39)48)52(35-46)58(44)56(41)49/h1-35H. The van der Waals surface area contributed by atoms with Gasteiger partial charge in [0.1, 0.15) is 0 Å². The second-order valence-corrected chi connectivity index (χ2v) is 18.2.